The predicted molar refractivity (Wildman–Crippen MR) is 81.3 cm³/mol. The van der Waals surface area contributed by atoms with Gasteiger partial charge in [0.15, 0.2) is 5.13 Å². The Balaban J connectivity index is 1.71. The molecule has 3 aromatic rings. The van der Waals surface area contributed by atoms with Crippen molar-refractivity contribution in [2.75, 3.05) is 5.32 Å². The van der Waals surface area contributed by atoms with E-state index in [9.17, 15) is 4.39 Å². The van der Waals surface area contributed by atoms with Crippen LogP contribution < -0.4 is 5.32 Å². The molecule has 0 unspecified atom stereocenters. The van der Waals surface area contributed by atoms with E-state index >= 15 is 0 Å². The summed E-state index contributed by atoms with van der Waals surface area (Å²) in [5.74, 6) is -0.241. The quantitative estimate of drug-likeness (QED) is 0.759. The Hall–Kier alpha value is -2.20. The van der Waals surface area contributed by atoms with E-state index in [2.05, 4.69) is 22.4 Å². The van der Waals surface area contributed by atoms with Crippen molar-refractivity contribution in [2.45, 2.75) is 6.54 Å². The molecule has 2 aromatic carbocycles. The summed E-state index contributed by atoms with van der Waals surface area (Å²) in [6.45, 7) is 0.733. The summed E-state index contributed by atoms with van der Waals surface area (Å²) in [5.41, 5.74) is 2.80. The molecule has 4 heteroatoms. The Kier molecular flexibility index (Phi) is 3.74. The molecule has 0 amide bonds. The molecule has 1 N–H and O–H groups in total. The number of rotatable bonds is 4. The molecule has 20 heavy (non-hydrogen) atoms. The lowest BCUT2D eigenvalue weighted by atomic mass is 10.2. The molecule has 0 bridgehead atoms. The minimum Gasteiger partial charge on any atom is -0.357 e. The zero-order valence-electron chi connectivity index (χ0n) is 10.7. The number of nitrogens with one attached hydrogen (secondary N) is 1. The van der Waals surface area contributed by atoms with Gasteiger partial charge < -0.3 is 5.32 Å². The van der Waals surface area contributed by atoms with Crippen LogP contribution in [0.3, 0.4) is 0 Å². The molecule has 0 aliphatic carbocycles. The number of anilines is 1. The highest BCUT2D eigenvalue weighted by atomic mass is 32.1. The van der Waals surface area contributed by atoms with Gasteiger partial charge in [0.05, 0.1) is 5.69 Å². The Morgan fingerprint density at radius 2 is 1.90 bits per heavy atom. The van der Waals surface area contributed by atoms with Crippen molar-refractivity contribution in [2.24, 2.45) is 0 Å². The van der Waals surface area contributed by atoms with Crippen LogP contribution in [0, 0.1) is 5.82 Å². The van der Waals surface area contributed by atoms with Crippen molar-refractivity contribution in [3.8, 4) is 11.3 Å². The molecule has 0 saturated carbocycles. The summed E-state index contributed by atoms with van der Waals surface area (Å²) in [7, 11) is 0. The van der Waals surface area contributed by atoms with Crippen LogP contribution in [-0.2, 0) is 6.54 Å². The van der Waals surface area contributed by atoms with Gasteiger partial charge in [0, 0.05) is 17.5 Å². The topological polar surface area (TPSA) is 24.9 Å². The number of benzene rings is 2. The molecule has 0 fully saturated rings. The van der Waals surface area contributed by atoms with Crippen LogP contribution in [0.15, 0.2) is 60.0 Å². The van der Waals surface area contributed by atoms with Gasteiger partial charge in [-0.05, 0) is 17.7 Å². The zero-order valence-corrected chi connectivity index (χ0v) is 11.5. The highest BCUT2D eigenvalue weighted by Gasteiger charge is 2.05. The average Bonchev–Trinajstić information content (AvgIpc) is 2.95. The van der Waals surface area contributed by atoms with Gasteiger partial charge in [-0.1, -0.05) is 42.5 Å². The molecule has 0 atom stereocenters. The molecule has 1 aromatic heterocycles. The van der Waals surface area contributed by atoms with E-state index in [4.69, 9.17) is 0 Å². The third kappa shape index (κ3) is 3.03. The Bertz CT molecular complexity index is 694. The molecule has 0 aliphatic heterocycles. The summed E-state index contributed by atoms with van der Waals surface area (Å²) >= 11 is 1.52. The van der Waals surface area contributed by atoms with Gasteiger partial charge in [0.25, 0.3) is 0 Å². The second-order valence-electron chi connectivity index (χ2n) is 4.39. The number of hydrogen-bond acceptors (Lipinski definition) is 3. The molecule has 100 valence electrons. The van der Waals surface area contributed by atoms with Gasteiger partial charge >= 0.3 is 0 Å². The zero-order chi connectivity index (χ0) is 13.8. The molecule has 2 nitrogen and oxygen atoms in total. The maximum Gasteiger partial charge on any atom is 0.183 e. The van der Waals surface area contributed by atoms with Crippen LogP contribution in [0.2, 0.25) is 0 Å². The molecular weight excluding hydrogens is 271 g/mol. The standard InChI is InChI=1S/C16H13FN2S/c17-14-8-4-7-13(9-14)15-11-20-16(19-15)18-10-12-5-2-1-3-6-12/h1-9,11H,10H2,(H,18,19). The Morgan fingerprint density at radius 3 is 2.70 bits per heavy atom. The highest BCUT2D eigenvalue weighted by molar-refractivity contribution is 7.14. The Morgan fingerprint density at radius 1 is 1.05 bits per heavy atom. The van der Waals surface area contributed by atoms with Crippen molar-refractivity contribution in [1.82, 2.24) is 4.98 Å². The van der Waals surface area contributed by atoms with Gasteiger partial charge in [-0.2, -0.15) is 0 Å². The fraction of sp³-hybridized carbons (Fsp3) is 0.0625. The predicted octanol–water partition coefficient (Wildman–Crippen LogP) is 4.56. The van der Waals surface area contributed by atoms with Crippen molar-refractivity contribution in [1.29, 1.82) is 0 Å². The molecular formula is C16H13FN2S. The van der Waals surface area contributed by atoms with Crippen LogP contribution in [0.25, 0.3) is 11.3 Å². The molecule has 0 spiro atoms. The molecule has 0 aliphatic rings. The lowest BCUT2D eigenvalue weighted by molar-refractivity contribution is 0.628. The van der Waals surface area contributed by atoms with Crippen LogP contribution >= 0.6 is 11.3 Å². The van der Waals surface area contributed by atoms with Crippen LogP contribution in [0.4, 0.5) is 9.52 Å². The summed E-state index contributed by atoms with van der Waals surface area (Å²) in [6.07, 6.45) is 0. The molecule has 0 saturated heterocycles. The smallest absolute Gasteiger partial charge is 0.183 e. The highest BCUT2D eigenvalue weighted by Crippen LogP contribution is 2.25. The SMILES string of the molecule is Fc1cccc(-c2csc(NCc3ccccc3)n2)c1. The monoisotopic (exact) mass is 284 g/mol. The normalized spacial score (nSPS) is 10.4. The number of halogens is 1. The lowest BCUT2D eigenvalue weighted by Gasteiger charge is -2.02. The van der Waals surface area contributed by atoms with Crippen molar-refractivity contribution >= 4 is 16.5 Å². The van der Waals surface area contributed by atoms with E-state index in [0.29, 0.717) is 0 Å². The number of thiazole rings is 1. The second-order valence-corrected chi connectivity index (χ2v) is 5.25. The van der Waals surface area contributed by atoms with E-state index < -0.39 is 0 Å². The molecule has 0 radical (unpaired) electrons. The Labute approximate surface area is 120 Å². The van der Waals surface area contributed by atoms with Gasteiger partial charge in [-0.3, -0.25) is 0 Å². The van der Waals surface area contributed by atoms with Crippen molar-refractivity contribution in [3.05, 3.63) is 71.4 Å². The first-order chi connectivity index (χ1) is 9.81. The van der Waals surface area contributed by atoms with E-state index in [1.165, 1.54) is 29.0 Å². The van der Waals surface area contributed by atoms with Crippen molar-refractivity contribution in [3.63, 3.8) is 0 Å². The summed E-state index contributed by atoms with van der Waals surface area (Å²) in [4.78, 5) is 4.48. The fourth-order valence-electron chi connectivity index (χ4n) is 1.91. The van der Waals surface area contributed by atoms with Crippen LogP contribution in [-0.4, -0.2) is 4.98 Å². The summed E-state index contributed by atoms with van der Waals surface area (Å²) < 4.78 is 13.2. The first-order valence-electron chi connectivity index (χ1n) is 6.30. The minimum absolute atomic E-state index is 0.241. The van der Waals surface area contributed by atoms with Gasteiger partial charge in [0.2, 0.25) is 0 Å². The van der Waals surface area contributed by atoms with Gasteiger partial charge in [-0.15, -0.1) is 11.3 Å². The molecule has 1 heterocycles. The summed E-state index contributed by atoms with van der Waals surface area (Å²) in [6, 6.07) is 16.6. The van der Waals surface area contributed by atoms with Gasteiger partial charge in [-0.25, -0.2) is 9.37 Å². The lowest BCUT2D eigenvalue weighted by Crippen LogP contribution is -1.98. The minimum atomic E-state index is -0.241. The number of nitrogens with zero attached hydrogens (tertiary/aromatic N) is 1. The first-order valence-corrected chi connectivity index (χ1v) is 7.18. The maximum atomic E-state index is 13.2. The third-order valence-corrected chi connectivity index (χ3v) is 3.71. The number of hydrogen-bond donors (Lipinski definition) is 1. The fourth-order valence-corrected chi connectivity index (χ4v) is 2.63. The van der Waals surface area contributed by atoms with Crippen LogP contribution in [0.1, 0.15) is 5.56 Å². The van der Waals surface area contributed by atoms with E-state index in [0.717, 1.165) is 22.9 Å². The van der Waals surface area contributed by atoms with E-state index in [1.54, 1.807) is 6.07 Å². The third-order valence-electron chi connectivity index (χ3n) is 2.91. The first kappa shape index (κ1) is 12.8. The van der Waals surface area contributed by atoms with E-state index in [-0.39, 0.29) is 5.82 Å². The van der Waals surface area contributed by atoms with E-state index in [1.807, 2.05) is 29.6 Å². The summed E-state index contributed by atoms with van der Waals surface area (Å²) in [5, 5.41) is 6.05. The second kappa shape index (κ2) is 5.84. The number of aromatic nitrogens is 1. The van der Waals surface area contributed by atoms with Crippen LogP contribution in [0.5, 0.6) is 0 Å². The maximum absolute atomic E-state index is 13.2. The molecule has 3 rings (SSSR count). The van der Waals surface area contributed by atoms with Crippen molar-refractivity contribution < 1.29 is 4.39 Å². The van der Waals surface area contributed by atoms with Gasteiger partial charge in [0.1, 0.15) is 5.82 Å². The largest absolute Gasteiger partial charge is 0.357 e. The average molecular weight is 284 g/mol.